The van der Waals surface area contributed by atoms with E-state index in [0.717, 1.165) is 46.7 Å². The molecule has 0 radical (unpaired) electrons. The molecular formula is C26H22ClN3O5S. The number of hydrogen-bond acceptors (Lipinski definition) is 5. The molecular weight excluding hydrogens is 502 g/mol. The van der Waals surface area contributed by atoms with E-state index < -0.39 is 23.8 Å². The van der Waals surface area contributed by atoms with E-state index in [-0.39, 0.29) is 11.3 Å². The van der Waals surface area contributed by atoms with Gasteiger partial charge in [-0.25, -0.2) is 14.5 Å². The lowest BCUT2D eigenvalue weighted by Gasteiger charge is -2.26. The number of fused-ring (bicyclic) bond motifs is 1. The summed E-state index contributed by atoms with van der Waals surface area (Å²) in [7, 11) is 0. The van der Waals surface area contributed by atoms with Crippen LogP contribution >= 0.6 is 22.9 Å². The normalized spacial score (nSPS) is 16.9. The van der Waals surface area contributed by atoms with Crippen LogP contribution in [0.15, 0.2) is 35.9 Å². The number of amides is 4. The Labute approximate surface area is 215 Å². The van der Waals surface area contributed by atoms with Gasteiger partial charge in [0.2, 0.25) is 0 Å². The van der Waals surface area contributed by atoms with Gasteiger partial charge in [-0.05, 0) is 87.1 Å². The number of carbonyl (C=O) groups is 4. The fourth-order valence-corrected chi connectivity index (χ4v) is 6.43. The van der Waals surface area contributed by atoms with Crippen LogP contribution < -0.4 is 10.2 Å². The predicted octanol–water partition coefficient (Wildman–Crippen LogP) is 5.05. The Morgan fingerprint density at radius 1 is 1.11 bits per heavy atom. The van der Waals surface area contributed by atoms with Gasteiger partial charge < -0.3 is 9.67 Å². The number of hydrogen-bond donors (Lipinski definition) is 2. The van der Waals surface area contributed by atoms with Gasteiger partial charge in [-0.3, -0.25) is 14.9 Å². The van der Waals surface area contributed by atoms with Gasteiger partial charge in [-0.1, -0.05) is 11.6 Å². The zero-order valence-corrected chi connectivity index (χ0v) is 21.1. The number of rotatable bonds is 4. The Morgan fingerprint density at radius 3 is 2.50 bits per heavy atom. The molecule has 0 saturated carbocycles. The Bertz CT molecular complexity index is 1480. The fourth-order valence-electron chi connectivity index (χ4n) is 4.81. The zero-order chi connectivity index (χ0) is 25.7. The van der Waals surface area contributed by atoms with E-state index in [9.17, 15) is 24.3 Å². The van der Waals surface area contributed by atoms with E-state index >= 15 is 0 Å². The van der Waals surface area contributed by atoms with E-state index in [2.05, 4.69) is 5.32 Å². The van der Waals surface area contributed by atoms with Crippen molar-refractivity contribution < 1.29 is 24.3 Å². The number of nitrogens with one attached hydrogen (secondary N) is 1. The number of carboxylic acid groups (broad SMARTS) is 1. The minimum atomic E-state index is -0.962. The highest BCUT2D eigenvalue weighted by Gasteiger charge is 2.37. The highest BCUT2D eigenvalue weighted by Crippen LogP contribution is 2.39. The lowest BCUT2D eigenvalue weighted by atomic mass is 9.95. The third-order valence-corrected chi connectivity index (χ3v) is 8.06. The first-order valence-corrected chi connectivity index (χ1v) is 12.6. The van der Waals surface area contributed by atoms with E-state index in [4.69, 9.17) is 11.6 Å². The molecule has 184 valence electrons. The number of carbonyl (C=O) groups excluding carboxylic acids is 3. The van der Waals surface area contributed by atoms with E-state index in [0.29, 0.717) is 26.8 Å². The highest BCUT2D eigenvalue weighted by atomic mass is 35.5. The number of aromatic carboxylic acids is 1. The number of aryl methyl sites for hydroxylation is 2. The van der Waals surface area contributed by atoms with Crippen LogP contribution in [0.2, 0.25) is 5.02 Å². The summed E-state index contributed by atoms with van der Waals surface area (Å²) < 4.78 is 1.87. The smallest absolute Gasteiger partial charge is 0.339 e. The average Bonchev–Trinajstić information content (AvgIpc) is 3.34. The number of nitrogens with zero attached hydrogens (tertiary/aromatic N) is 2. The standard InChI is InChI=1S/C26H22ClN3O5S/c1-13-11-15(14(2)29(13)24-21(25(33)34)18-5-3-4-6-20(18)36-24)12-19-22(31)28-26(35)30(23(19)32)17-9-7-16(27)8-10-17/h7-12H,3-6H2,1-2H3,(H,33,34)(H,28,31,35)/b19-12+. The summed E-state index contributed by atoms with van der Waals surface area (Å²) in [5, 5.41) is 13.3. The van der Waals surface area contributed by atoms with Crippen LogP contribution in [0.3, 0.4) is 0 Å². The number of barbiturate groups is 1. The molecule has 0 atom stereocenters. The Hall–Kier alpha value is -3.69. The molecule has 1 fully saturated rings. The van der Waals surface area contributed by atoms with Crippen molar-refractivity contribution in [2.75, 3.05) is 4.90 Å². The van der Waals surface area contributed by atoms with Crippen LogP contribution in [0.1, 0.15) is 50.6 Å². The fraction of sp³-hybridized carbons (Fsp3) is 0.231. The summed E-state index contributed by atoms with van der Waals surface area (Å²) in [6, 6.07) is 7.09. The molecule has 2 aliphatic rings. The molecule has 1 aromatic carbocycles. The molecule has 0 unspecified atom stereocenters. The first kappa shape index (κ1) is 24.0. The zero-order valence-electron chi connectivity index (χ0n) is 19.6. The number of carboxylic acids is 1. The summed E-state index contributed by atoms with van der Waals surface area (Å²) in [6.45, 7) is 3.67. The van der Waals surface area contributed by atoms with Crippen molar-refractivity contribution in [2.24, 2.45) is 0 Å². The molecule has 0 bridgehead atoms. The molecule has 1 aliphatic heterocycles. The van der Waals surface area contributed by atoms with E-state index in [1.54, 1.807) is 18.2 Å². The molecule has 0 spiro atoms. The monoisotopic (exact) mass is 523 g/mol. The number of aromatic nitrogens is 1. The molecule has 8 nitrogen and oxygen atoms in total. The lowest BCUT2D eigenvalue weighted by Crippen LogP contribution is -2.54. The van der Waals surface area contributed by atoms with Crippen molar-refractivity contribution >= 4 is 58.5 Å². The summed E-state index contributed by atoms with van der Waals surface area (Å²) >= 11 is 7.41. The molecule has 4 amide bonds. The predicted molar refractivity (Wildman–Crippen MR) is 137 cm³/mol. The second-order valence-electron chi connectivity index (χ2n) is 8.79. The first-order chi connectivity index (χ1) is 17.2. The van der Waals surface area contributed by atoms with Gasteiger partial charge >= 0.3 is 12.0 Å². The van der Waals surface area contributed by atoms with Crippen molar-refractivity contribution in [3.8, 4) is 5.00 Å². The van der Waals surface area contributed by atoms with Crippen LogP contribution in [0.4, 0.5) is 10.5 Å². The second-order valence-corrected chi connectivity index (χ2v) is 10.3. The number of thiophene rings is 1. The minimum absolute atomic E-state index is 0.200. The number of urea groups is 1. The molecule has 2 aromatic heterocycles. The van der Waals surface area contributed by atoms with Crippen LogP contribution in [0.5, 0.6) is 0 Å². The number of imide groups is 2. The second kappa shape index (κ2) is 9.07. The summed E-state index contributed by atoms with van der Waals surface area (Å²) in [5.74, 6) is -2.51. The third kappa shape index (κ3) is 3.94. The van der Waals surface area contributed by atoms with Gasteiger partial charge in [-0.2, -0.15) is 0 Å². The van der Waals surface area contributed by atoms with Crippen molar-refractivity contribution in [3.63, 3.8) is 0 Å². The molecule has 10 heteroatoms. The van der Waals surface area contributed by atoms with Gasteiger partial charge in [0.25, 0.3) is 11.8 Å². The third-order valence-electron chi connectivity index (χ3n) is 6.53. The topological polar surface area (TPSA) is 109 Å². The van der Waals surface area contributed by atoms with Crippen molar-refractivity contribution in [1.82, 2.24) is 9.88 Å². The Balaban J connectivity index is 1.58. The Kier molecular flexibility index (Phi) is 6.05. The van der Waals surface area contributed by atoms with Crippen LogP contribution in [-0.4, -0.2) is 33.5 Å². The van der Waals surface area contributed by atoms with Gasteiger partial charge in [-0.15, -0.1) is 11.3 Å². The lowest BCUT2D eigenvalue weighted by molar-refractivity contribution is -0.122. The number of anilines is 1. The molecule has 36 heavy (non-hydrogen) atoms. The van der Waals surface area contributed by atoms with E-state index in [1.165, 1.54) is 29.5 Å². The first-order valence-electron chi connectivity index (χ1n) is 11.4. The van der Waals surface area contributed by atoms with Crippen LogP contribution in [-0.2, 0) is 22.4 Å². The van der Waals surface area contributed by atoms with Crippen molar-refractivity contribution in [2.45, 2.75) is 39.5 Å². The average molecular weight is 524 g/mol. The summed E-state index contributed by atoms with van der Waals surface area (Å²) in [5.41, 5.74) is 3.35. The summed E-state index contributed by atoms with van der Waals surface area (Å²) in [4.78, 5) is 52.6. The molecule has 5 rings (SSSR count). The molecule has 1 saturated heterocycles. The molecule has 1 aliphatic carbocycles. The largest absolute Gasteiger partial charge is 0.478 e. The maximum absolute atomic E-state index is 13.2. The van der Waals surface area contributed by atoms with Crippen LogP contribution in [0.25, 0.3) is 11.1 Å². The summed E-state index contributed by atoms with van der Waals surface area (Å²) in [6.07, 6.45) is 5.05. The Morgan fingerprint density at radius 2 is 1.81 bits per heavy atom. The van der Waals surface area contributed by atoms with Gasteiger partial charge in [0, 0.05) is 21.3 Å². The van der Waals surface area contributed by atoms with Crippen molar-refractivity contribution in [1.29, 1.82) is 0 Å². The molecule has 2 N–H and O–H groups in total. The van der Waals surface area contributed by atoms with Crippen molar-refractivity contribution in [3.05, 3.63) is 73.9 Å². The minimum Gasteiger partial charge on any atom is -0.478 e. The quantitative estimate of drug-likeness (QED) is 0.367. The molecule has 3 heterocycles. The van der Waals surface area contributed by atoms with Gasteiger partial charge in [0.05, 0.1) is 11.3 Å². The maximum Gasteiger partial charge on any atom is 0.339 e. The van der Waals surface area contributed by atoms with E-state index in [1.807, 2.05) is 18.4 Å². The van der Waals surface area contributed by atoms with Gasteiger partial charge in [0.15, 0.2) is 0 Å². The van der Waals surface area contributed by atoms with Gasteiger partial charge in [0.1, 0.15) is 10.6 Å². The molecule has 3 aromatic rings. The number of benzene rings is 1. The van der Waals surface area contributed by atoms with Crippen LogP contribution in [0, 0.1) is 13.8 Å². The maximum atomic E-state index is 13.2. The number of halogens is 1. The SMILES string of the molecule is Cc1cc(/C=C2\C(=O)NC(=O)N(c3ccc(Cl)cc3)C2=O)c(C)n1-c1sc2c(c1C(=O)O)CCCC2. The highest BCUT2D eigenvalue weighted by molar-refractivity contribution is 7.15.